The first-order chi connectivity index (χ1) is 8.25. The molecule has 1 aromatic rings. The molecule has 5 nitrogen and oxygen atoms in total. The summed E-state index contributed by atoms with van der Waals surface area (Å²) in [5.74, 6) is 0.147. The summed E-state index contributed by atoms with van der Waals surface area (Å²) in [5.41, 5.74) is 1.20. The molecule has 1 aromatic heterocycles. The van der Waals surface area contributed by atoms with Crippen molar-refractivity contribution in [1.82, 2.24) is 20.4 Å². The second-order valence-electron chi connectivity index (χ2n) is 4.57. The van der Waals surface area contributed by atoms with Crippen LogP contribution in [0.25, 0.3) is 0 Å². The van der Waals surface area contributed by atoms with Crippen LogP contribution in [0.15, 0.2) is 12.4 Å². The Balaban J connectivity index is 1.75. The minimum Gasteiger partial charge on any atom is -0.355 e. The van der Waals surface area contributed by atoms with Crippen LogP contribution < -0.4 is 10.6 Å². The number of amides is 1. The molecule has 0 spiro atoms. The highest BCUT2D eigenvalue weighted by Crippen LogP contribution is 2.05. The molecular weight excluding hydrogens is 216 g/mol. The average molecular weight is 236 g/mol. The van der Waals surface area contributed by atoms with Crippen LogP contribution in [0.5, 0.6) is 0 Å². The van der Waals surface area contributed by atoms with Crippen LogP contribution in [0.3, 0.4) is 0 Å². The van der Waals surface area contributed by atoms with Crippen LogP contribution in [-0.2, 0) is 18.3 Å². The molecule has 1 saturated heterocycles. The molecule has 0 aromatic carbocycles. The highest BCUT2D eigenvalue weighted by Gasteiger charge is 2.19. The van der Waals surface area contributed by atoms with E-state index in [4.69, 9.17) is 0 Å². The van der Waals surface area contributed by atoms with Gasteiger partial charge >= 0.3 is 0 Å². The molecule has 2 rings (SSSR count). The van der Waals surface area contributed by atoms with Gasteiger partial charge in [-0.15, -0.1) is 0 Å². The molecule has 0 radical (unpaired) electrons. The molecule has 94 valence electrons. The van der Waals surface area contributed by atoms with E-state index in [9.17, 15) is 4.79 Å². The number of rotatable bonds is 4. The Bertz CT molecular complexity index is 374. The molecule has 0 aliphatic carbocycles. The van der Waals surface area contributed by atoms with Crippen molar-refractivity contribution in [2.45, 2.75) is 31.7 Å². The van der Waals surface area contributed by atoms with E-state index in [1.165, 1.54) is 5.56 Å². The summed E-state index contributed by atoms with van der Waals surface area (Å²) in [6, 6.07) is -0.0193. The molecule has 17 heavy (non-hydrogen) atoms. The fourth-order valence-electron chi connectivity index (χ4n) is 2.13. The van der Waals surface area contributed by atoms with Gasteiger partial charge in [0.2, 0.25) is 5.91 Å². The average Bonchev–Trinajstić information content (AvgIpc) is 2.61. The Labute approximate surface area is 102 Å². The summed E-state index contributed by atoms with van der Waals surface area (Å²) < 4.78 is 1.80. The van der Waals surface area contributed by atoms with Crippen LogP contribution >= 0.6 is 0 Å². The van der Waals surface area contributed by atoms with Crippen molar-refractivity contribution in [1.29, 1.82) is 0 Å². The van der Waals surface area contributed by atoms with Gasteiger partial charge in [-0.05, 0) is 31.2 Å². The molecule has 2 heterocycles. The molecule has 0 bridgehead atoms. The molecule has 1 fully saturated rings. The fraction of sp³-hybridized carbons (Fsp3) is 0.667. The fourth-order valence-corrected chi connectivity index (χ4v) is 2.13. The van der Waals surface area contributed by atoms with Crippen molar-refractivity contribution >= 4 is 5.91 Å². The molecule has 1 atom stereocenters. The molecule has 2 N–H and O–H groups in total. The van der Waals surface area contributed by atoms with Crippen LogP contribution in [0.2, 0.25) is 0 Å². The summed E-state index contributed by atoms with van der Waals surface area (Å²) in [7, 11) is 1.91. The van der Waals surface area contributed by atoms with E-state index < -0.39 is 0 Å². The number of aromatic nitrogens is 2. The maximum Gasteiger partial charge on any atom is 0.237 e. The topological polar surface area (TPSA) is 59.0 Å². The third-order valence-corrected chi connectivity index (χ3v) is 3.10. The lowest BCUT2D eigenvalue weighted by molar-refractivity contribution is -0.122. The Morgan fingerprint density at radius 2 is 2.47 bits per heavy atom. The zero-order valence-corrected chi connectivity index (χ0v) is 10.3. The molecular formula is C12H20N4O. The minimum atomic E-state index is -0.0193. The smallest absolute Gasteiger partial charge is 0.237 e. The van der Waals surface area contributed by atoms with Gasteiger partial charge in [0.1, 0.15) is 0 Å². The van der Waals surface area contributed by atoms with Crippen molar-refractivity contribution in [2.75, 3.05) is 13.1 Å². The van der Waals surface area contributed by atoms with Gasteiger partial charge in [0.25, 0.3) is 0 Å². The van der Waals surface area contributed by atoms with E-state index >= 15 is 0 Å². The zero-order valence-electron chi connectivity index (χ0n) is 10.3. The molecule has 1 unspecified atom stereocenters. The lowest BCUT2D eigenvalue weighted by atomic mass is 10.1. The number of hydrogen-bond acceptors (Lipinski definition) is 3. The van der Waals surface area contributed by atoms with Crippen molar-refractivity contribution in [3.05, 3.63) is 18.0 Å². The Hall–Kier alpha value is -1.36. The summed E-state index contributed by atoms with van der Waals surface area (Å²) in [5, 5.41) is 10.4. The standard InChI is InChI=1S/C12H20N4O/c1-16-9-10(8-15-16)5-7-13-11-4-2-3-6-14-12(11)17/h8-9,11,13H,2-7H2,1H3,(H,14,17). The monoisotopic (exact) mass is 236 g/mol. The van der Waals surface area contributed by atoms with Crippen LogP contribution in [0.1, 0.15) is 24.8 Å². The van der Waals surface area contributed by atoms with Crippen molar-refractivity contribution in [3.63, 3.8) is 0 Å². The van der Waals surface area contributed by atoms with E-state index in [-0.39, 0.29) is 11.9 Å². The van der Waals surface area contributed by atoms with E-state index in [1.807, 2.05) is 19.4 Å². The number of hydrogen-bond donors (Lipinski definition) is 2. The van der Waals surface area contributed by atoms with Gasteiger partial charge in [-0.1, -0.05) is 0 Å². The van der Waals surface area contributed by atoms with Crippen LogP contribution in [0.4, 0.5) is 0 Å². The van der Waals surface area contributed by atoms with E-state index in [1.54, 1.807) is 4.68 Å². The third-order valence-electron chi connectivity index (χ3n) is 3.10. The third kappa shape index (κ3) is 3.56. The molecule has 1 aliphatic heterocycles. The van der Waals surface area contributed by atoms with Crippen LogP contribution in [0, 0.1) is 0 Å². The quantitative estimate of drug-likeness (QED) is 0.786. The number of carbonyl (C=O) groups excluding carboxylic acids is 1. The van der Waals surface area contributed by atoms with Gasteiger partial charge in [0, 0.05) is 26.3 Å². The largest absolute Gasteiger partial charge is 0.355 e. The predicted octanol–water partition coefficient (Wildman–Crippen LogP) is 0.221. The molecule has 0 saturated carbocycles. The molecule has 1 amide bonds. The number of nitrogens with one attached hydrogen (secondary N) is 2. The predicted molar refractivity (Wildman–Crippen MR) is 65.6 cm³/mol. The van der Waals surface area contributed by atoms with Gasteiger partial charge in [-0.3, -0.25) is 9.48 Å². The van der Waals surface area contributed by atoms with Gasteiger partial charge in [-0.2, -0.15) is 5.10 Å². The zero-order chi connectivity index (χ0) is 12.1. The van der Waals surface area contributed by atoms with Crippen LogP contribution in [-0.4, -0.2) is 34.8 Å². The minimum absolute atomic E-state index is 0.0193. The summed E-state index contributed by atoms with van der Waals surface area (Å²) in [6.07, 6.45) is 7.94. The maximum atomic E-state index is 11.7. The first kappa shape index (κ1) is 12.1. The molecule has 1 aliphatic rings. The Morgan fingerprint density at radius 3 is 3.24 bits per heavy atom. The van der Waals surface area contributed by atoms with E-state index in [2.05, 4.69) is 15.7 Å². The summed E-state index contributed by atoms with van der Waals surface area (Å²) in [6.45, 7) is 1.64. The number of nitrogens with zero attached hydrogens (tertiary/aromatic N) is 2. The maximum absolute atomic E-state index is 11.7. The van der Waals surface area contributed by atoms with E-state index in [0.29, 0.717) is 0 Å². The first-order valence-electron chi connectivity index (χ1n) is 6.24. The van der Waals surface area contributed by atoms with Gasteiger partial charge in [-0.25, -0.2) is 0 Å². The van der Waals surface area contributed by atoms with E-state index in [0.717, 1.165) is 38.8 Å². The normalized spacial score (nSPS) is 21.0. The SMILES string of the molecule is Cn1cc(CCNC2CCCCNC2=O)cn1. The second kappa shape index (κ2) is 5.82. The lowest BCUT2D eigenvalue weighted by Gasteiger charge is -2.14. The summed E-state index contributed by atoms with van der Waals surface area (Å²) >= 11 is 0. The number of aryl methyl sites for hydroxylation is 1. The first-order valence-corrected chi connectivity index (χ1v) is 6.24. The van der Waals surface area contributed by atoms with Crippen molar-refractivity contribution in [3.8, 4) is 0 Å². The second-order valence-corrected chi connectivity index (χ2v) is 4.57. The summed E-state index contributed by atoms with van der Waals surface area (Å²) in [4.78, 5) is 11.7. The van der Waals surface area contributed by atoms with Crippen molar-refractivity contribution < 1.29 is 4.79 Å². The highest BCUT2D eigenvalue weighted by molar-refractivity contribution is 5.81. The lowest BCUT2D eigenvalue weighted by Crippen LogP contribution is -2.43. The Kier molecular flexibility index (Phi) is 4.14. The van der Waals surface area contributed by atoms with Gasteiger partial charge in [0.05, 0.1) is 12.2 Å². The highest BCUT2D eigenvalue weighted by atomic mass is 16.2. The van der Waals surface area contributed by atoms with Crippen molar-refractivity contribution in [2.24, 2.45) is 7.05 Å². The molecule has 5 heteroatoms. The van der Waals surface area contributed by atoms with Gasteiger partial charge in [0.15, 0.2) is 0 Å². The Morgan fingerprint density at radius 1 is 1.59 bits per heavy atom. The number of carbonyl (C=O) groups is 1. The van der Waals surface area contributed by atoms with Gasteiger partial charge < -0.3 is 10.6 Å².